The Morgan fingerprint density at radius 2 is 1.54 bits per heavy atom. The Labute approximate surface area is 202 Å². The molecule has 0 saturated carbocycles. The molecule has 0 atom stereocenters. The van der Waals surface area contributed by atoms with E-state index in [0.29, 0.717) is 28.1 Å². The number of aryl methyl sites for hydroxylation is 1. The van der Waals surface area contributed by atoms with Crippen molar-refractivity contribution in [2.24, 2.45) is 0 Å². The zero-order valence-electron chi connectivity index (χ0n) is 19.4. The molecule has 4 aromatic rings. The van der Waals surface area contributed by atoms with Crippen molar-refractivity contribution in [3.63, 3.8) is 0 Å². The van der Waals surface area contributed by atoms with E-state index < -0.39 is 12.6 Å². The van der Waals surface area contributed by atoms with Crippen molar-refractivity contribution in [1.82, 2.24) is 4.98 Å². The number of esters is 1. The largest absolute Gasteiger partial charge is 0.454 e. The number of carbonyl (C=O) groups excluding carboxylic acids is 3. The molecule has 176 valence electrons. The van der Waals surface area contributed by atoms with Crippen molar-refractivity contribution in [1.29, 1.82) is 0 Å². The highest BCUT2D eigenvalue weighted by Gasteiger charge is 2.21. The minimum Gasteiger partial charge on any atom is -0.454 e. The highest BCUT2D eigenvalue weighted by Crippen LogP contribution is 2.24. The third-order valence-corrected chi connectivity index (χ3v) is 5.55. The maximum atomic E-state index is 12.9. The number of Topliss-reactive ketones (excluding diaryl/α,β-unsaturated/α-hetero) is 1. The van der Waals surface area contributed by atoms with Gasteiger partial charge >= 0.3 is 5.97 Å². The second kappa shape index (κ2) is 10.7. The molecule has 1 aromatic heterocycles. The predicted molar refractivity (Wildman–Crippen MR) is 133 cm³/mol. The highest BCUT2D eigenvalue weighted by atomic mass is 16.5. The summed E-state index contributed by atoms with van der Waals surface area (Å²) < 4.78 is 10.6. The van der Waals surface area contributed by atoms with Gasteiger partial charge in [-0.25, -0.2) is 9.78 Å². The Hall–Kier alpha value is -4.36. The first-order valence-corrected chi connectivity index (χ1v) is 11.0. The molecule has 0 radical (unpaired) electrons. The summed E-state index contributed by atoms with van der Waals surface area (Å²) in [6.07, 6.45) is 0. The van der Waals surface area contributed by atoms with Gasteiger partial charge in [0, 0.05) is 29.3 Å². The van der Waals surface area contributed by atoms with Crippen LogP contribution in [-0.2, 0) is 16.1 Å². The van der Waals surface area contributed by atoms with Crippen LogP contribution in [0.25, 0.3) is 10.9 Å². The second-order valence-corrected chi connectivity index (χ2v) is 7.91. The van der Waals surface area contributed by atoms with E-state index in [1.807, 2.05) is 37.3 Å². The summed E-state index contributed by atoms with van der Waals surface area (Å²) in [5, 5.41) is 3.61. The lowest BCUT2D eigenvalue weighted by Gasteiger charge is -2.14. The maximum absolute atomic E-state index is 12.9. The van der Waals surface area contributed by atoms with Crippen LogP contribution in [0.3, 0.4) is 0 Å². The third kappa shape index (κ3) is 5.42. The maximum Gasteiger partial charge on any atom is 0.340 e. The highest BCUT2D eigenvalue weighted by molar-refractivity contribution is 6.05. The van der Waals surface area contributed by atoms with Crippen molar-refractivity contribution < 1.29 is 23.9 Å². The first-order chi connectivity index (χ1) is 17.0. The minimum atomic E-state index is -0.632. The number of hydrogen-bond acceptors (Lipinski definition) is 6. The first-order valence-electron chi connectivity index (χ1n) is 11.0. The first kappa shape index (κ1) is 23.8. The Morgan fingerprint density at radius 3 is 2.26 bits per heavy atom. The Balaban J connectivity index is 1.43. The minimum absolute atomic E-state index is 0.139. The van der Waals surface area contributed by atoms with E-state index in [1.165, 1.54) is 7.11 Å². The Kier molecular flexibility index (Phi) is 7.28. The molecule has 3 aromatic carbocycles. The SMILES string of the molecule is COCc1nc2ccccc2c(C)c1C(=O)OCC(=O)c1ccc(NC(=O)c2ccccc2)cc1. The van der Waals surface area contributed by atoms with Gasteiger partial charge in [0.25, 0.3) is 5.91 Å². The molecule has 4 rings (SSSR count). The fourth-order valence-electron chi connectivity index (χ4n) is 3.77. The van der Waals surface area contributed by atoms with E-state index >= 15 is 0 Å². The molecule has 7 heteroatoms. The number of benzene rings is 3. The fourth-order valence-corrected chi connectivity index (χ4v) is 3.77. The summed E-state index contributed by atoms with van der Waals surface area (Å²) in [5.74, 6) is -1.24. The van der Waals surface area contributed by atoms with E-state index in [0.717, 1.165) is 16.5 Å². The van der Waals surface area contributed by atoms with Gasteiger partial charge in [0.15, 0.2) is 12.4 Å². The topological polar surface area (TPSA) is 94.6 Å². The summed E-state index contributed by atoms with van der Waals surface area (Å²) in [5.41, 5.74) is 3.68. The number of carbonyl (C=O) groups is 3. The Morgan fingerprint density at radius 1 is 0.857 bits per heavy atom. The molecule has 0 bridgehead atoms. The molecule has 7 nitrogen and oxygen atoms in total. The number of fused-ring (bicyclic) bond motifs is 1. The van der Waals surface area contributed by atoms with Gasteiger partial charge in [0.05, 0.1) is 23.4 Å². The molecule has 0 fully saturated rings. The number of ketones is 1. The van der Waals surface area contributed by atoms with Crippen LogP contribution >= 0.6 is 0 Å². The number of para-hydroxylation sites is 1. The van der Waals surface area contributed by atoms with Gasteiger partial charge in [0.2, 0.25) is 0 Å². The lowest BCUT2D eigenvalue weighted by Crippen LogP contribution is -2.18. The van der Waals surface area contributed by atoms with Crippen LogP contribution < -0.4 is 5.32 Å². The van der Waals surface area contributed by atoms with Gasteiger partial charge in [-0.2, -0.15) is 0 Å². The van der Waals surface area contributed by atoms with Gasteiger partial charge < -0.3 is 14.8 Å². The van der Waals surface area contributed by atoms with E-state index in [1.54, 1.807) is 48.5 Å². The average Bonchev–Trinajstić information content (AvgIpc) is 2.88. The molecule has 0 unspecified atom stereocenters. The van der Waals surface area contributed by atoms with Crippen molar-refractivity contribution in [2.75, 3.05) is 19.0 Å². The number of aromatic nitrogens is 1. The van der Waals surface area contributed by atoms with Crippen LogP contribution in [0.5, 0.6) is 0 Å². The number of pyridine rings is 1. The number of methoxy groups -OCH3 is 1. The molecule has 0 spiro atoms. The molecule has 35 heavy (non-hydrogen) atoms. The zero-order valence-corrected chi connectivity index (χ0v) is 19.4. The molecular weight excluding hydrogens is 444 g/mol. The zero-order chi connectivity index (χ0) is 24.8. The number of rotatable bonds is 8. The Bertz CT molecular complexity index is 1380. The third-order valence-electron chi connectivity index (χ3n) is 5.55. The number of hydrogen-bond donors (Lipinski definition) is 1. The van der Waals surface area contributed by atoms with Crippen molar-refractivity contribution >= 4 is 34.3 Å². The monoisotopic (exact) mass is 468 g/mol. The quantitative estimate of drug-likeness (QED) is 0.289. The molecule has 0 aliphatic rings. The van der Waals surface area contributed by atoms with Crippen LogP contribution in [0.1, 0.15) is 42.3 Å². The lowest BCUT2D eigenvalue weighted by molar-refractivity contribution is 0.0469. The average molecular weight is 469 g/mol. The van der Waals surface area contributed by atoms with Crippen LogP contribution in [0, 0.1) is 6.92 Å². The van der Waals surface area contributed by atoms with Crippen molar-refractivity contribution in [3.05, 3.63) is 107 Å². The summed E-state index contributed by atoms with van der Waals surface area (Å²) in [7, 11) is 1.52. The number of nitrogens with one attached hydrogen (secondary N) is 1. The van der Waals surface area contributed by atoms with Crippen molar-refractivity contribution in [3.8, 4) is 0 Å². The van der Waals surface area contributed by atoms with Gasteiger partial charge in [-0.15, -0.1) is 0 Å². The van der Waals surface area contributed by atoms with Gasteiger partial charge in [-0.1, -0.05) is 36.4 Å². The summed E-state index contributed by atoms with van der Waals surface area (Å²) in [4.78, 5) is 42.4. The lowest BCUT2D eigenvalue weighted by atomic mass is 10.0. The standard InChI is InChI=1S/C28H24N2O5/c1-18-22-10-6-7-11-23(22)30-24(16-34-2)26(18)28(33)35-17-25(31)19-12-14-21(15-13-19)29-27(32)20-8-4-3-5-9-20/h3-15H,16-17H2,1-2H3,(H,29,32). The number of ether oxygens (including phenoxy) is 2. The van der Waals surface area contributed by atoms with Gasteiger partial charge in [-0.3, -0.25) is 9.59 Å². The van der Waals surface area contributed by atoms with Crippen molar-refractivity contribution in [2.45, 2.75) is 13.5 Å². The number of anilines is 1. The van der Waals surface area contributed by atoms with Crippen LogP contribution in [0.15, 0.2) is 78.9 Å². The smallest absolute Gasteiger partial charge is 0.340 e. The van der Waals surface area contributed by atoms with Gasteiger partial charge in [0.1, 0.15) is 0 Å². The van der Waals surface area contributed by atoms with Crippen LogP contribution in [0.4, 0.5) is 5.69 Å². The number of amides is 1. The van der Waals surface area contributed by atoms with E-state index in [4.69, 9.17) is 9.47 Å². The van der Waals surface area contributed by atoms with Gasteiger partial charge in [-0.05, 0) is 55.0 Å². The van der Waals surface area contributed by atoms with E-state index in [2.05, 4.69) is 10.3 Å². The molecule has 0 aliphatic heterocycles. The molecule has 1 heterocycles. The predicted octanol–water partition coefficient (Wildman–Crippen LogP) is 4.98. The van der Waals surface area contributed by atoms with E-state index in [-0.39, 0.29) is 18.3 Å². The van der Waals surface area contributed by atoms with E-state index in [9.17, 15) is 14.4 Å². The summed E-state index contributed by atoms with van der Waals surface area (Å²) in [6.45, 7) is 1.54. The molecule has 0 saturated heterocycles. The molecular formula is C28H24N2O5. The second-order valence-electron chi connectivity index (χ2n) is 7.91. The summed E-state index contributed by atoms with van der Waals surface area (Å²) in [6, 6.07) is 22.7. The van der Waals surface area contributed by atoms with Crippen LogP contribution in [-0.4, -0.2) is 36.4 Å². The fraction of sp³-hybridized carbons (Fsp3) is 0.143. The molecule has 1 amide bonds. The number of nitrogens with zero attached hydrogens (tertiary/aromatic N) is 1. The summed E-state index contributed by atoms with van der Waals surface area (Å²) >= 11 is 0. The molecule has 0 aliphatic carbocycles. The normalized spacial score (nSPS) is 10.7. The van der Waals surface area contributed by atoms with Crippen LogP contribution in [0.2, 0.25) is 0 Å². The molecule has 1 N–H and O–H groups in total.